The van der Waals surface area contributed by atoms with Crippen LogP contribution in [-0.2, 0) is 26.2 Å². The van der Waals surface area contributed by atoms with Gasteiger partial charge < -0.3 is 19.7 Å². The Balaban J connectivity index is 2.03. The maximum Gasteiger partial charge on any atom is 0.264 e. The topological polar surface area (TPSA) is 105 Å². The molecule has 10 heteroatoms. The van der Waals surface area contributed by atoms with Crippen molar-refractivity contribution in [2.75, 3.05) is 31.6 Å². The van der Waals surface area contributed by atoms with E-state index < -0.39 is 28.5 Å². The summed E-state index contributed by atoms with van der Waals surface area (Å²) in [5.41, 5.74) is 1.92. The van der Waals surface area contributed by atoms with E-state index in [1.54, 1.807) is 81.6 Å². The van der Waals surface area contributed by atoms with Gasteiger partial charge in [0.05, 0.1) is 24.8 Å². The molecule has 1 N–H and O–H groups in total. The molecule has 1 atom stereocenters. The van der Waals surface area contributed by atoms with Crippen molar-refractivity contribution in [1.29, 1.82) is 0 Å². The number of likely N-dealkylation sites (N-methyl/N-ethyl adjacent to an activating group) is 1. The highest BCUT2D eigenvalue weighted by atomic mass is 32.2. The van der Waals surface area contributed by atoms with Gasteiger partial charge in [-0.3, -0.25) is 13.9 Å². The van der Waals surface area contributed by atoms with Crippen LogP contribution in [0.4, 0.5) is 5.69 Å². The molecule has 0 aliphatic rings. The molecule has 3 aromatic carbocycles. The molecule has 3 rings (SSSR count). The number of hydrogen-bond donors (Lipinski definition) is 1. The Labute approximate surface area is 230 Å². The highest BCUT2D eigenvalue weighted by Crippen LogP contribution is 2.28. The molecule has 9 nitrogen and oxygen atoms in total. The Bertz CT molecular complexity index is 1370. The second-order valence-corrected chi connectivity index (χ2v) is 10.8. The number of hydrogen-bond acceptors (Lipinski definition) is 6. The monoisotopic (exact) mass is 553 g/mol. The van der Waals surface area contributed by atoms with E-state index in [2.05, 4.69) is 5.32 Å². The van der Waals surface area contributed by atoms with Gasteiger partial charge in [-0.25, -0.2) is 8.42 Å². The van der Waals surface area contributed by atoms with Crippen molar-refractivity contribution in [3.63, 3.8) is 0 Å². The third-order valence-electron chi connectivity index (χ3n) is 6.26. The number of sulfonamides is 1. The first-order chi connectivity index (χ1) is 18.6. The van der Waals surface area contributed by atoms with Crippen molar-refractivity contribution in [1.82, 2.24) is 10.2 Å². The molecular weight excluding hydrogens is 518 g/mol. The highest BCUT2D eigenvalue weighted by molar-refractivity contribution is 7.92. The zero-order valence-corrected chi connectivity index (χ0v) is 23.7. The van der Waals surface area contributed by atoms with E-state index in [4.69, 9.17) is 9.47 Å². The lowest BCUT2D eigenvalue weighted by molar-refractivity contribution is -0.139. The molecule has 39 heavy (non-hydrogen) atoms. The van der Waals surface area contributed by atoms with Gasteiger partial charge in [0.2, 0.25) is 11.8 Å². The van der Waals surface area contributed by atoms with E-state index in [9.17, 15) is 18.0 Å². The number of benzene rings is 3. The summed E-state index contributed by atoms with van der Waals surface area (Å²) in [6.07, 6.45) is 0. The molecule has 0 fully saturated rings. The molecule has 0 saturated heterocycles. The fourth-order valence-electron chi connectivity index (χ4n) is 3.96. The minimum atomic E-state index is -4.15. The van der Waals surface area contributed by atoms with Crippen molar-refractivity contribution in [2.45, 2.75) is 38.3 Å². The Kier molecular flexibility index (Phi) is 9.95. The molecule has 0 aliphatic carbocycles. The summed E-state index contributed by atoms with van der Waals surface area (Å²) >= 11 is 0. The summed E-state index contributed by atoms with van der Waals surface area (Å²) < 4.78 is 39.3. The third kappa shape index (κ3) is 7.29. The van der Waals surface area contributed by atoms with Crippen LogP contribution in [0.15, 0.2) is 77.7 Å². The lowest BCUT2D eigenvalue weighted by atomic mass is 10.1. The summed E-state index contributed by atoms with van der Waals surface area (Å²) in [7, 11) is -1.11. The van der Waals surface area contributed by atoms with Gasteiger partial charge in [-0.15, -0.1) is 0 Å². The Hall–Kier alpha value is -4.05. The molecule has 2 amide bonds. The van der Waals surface area contributed by atoms with Crippen LogP contribution in [0.1, 0.15) is 25.0 Å². The van der Waals surface area contributed by atoms with Crippen molar-refractivity contribution >= 4 is 27.5 Å². The predicted octanol–water partition coefficient (Wildman–Crippen LogP) is 3.76. The van der Waals surface area contributed by atoms with Gasteiger partial charge in [0.1, 0.15) is 24.1 Å². The molecule has 0 aromatic heterocycles. The minimum Gasteiger partial charge on any atom is -0.497 e. The molecule has 0 aliphatic heterocycles. The van der Waals surface area contributed by atoms with E-state index >= 15 is 0 Å². The molecule has 0 unspecified atom stereocenters. The molecule has 3 aromatic rings. The van der Waals surface area contributed by atoms with Gasteiger partial charge in [-0.2, -0.15) is 0 Å². The van der Waals surface area contributed by atoms with Gasteiger partial charge >= 0.3 is 0 Å². The summed E-state index contributed by atoms with van der Waals surface area (Å²) in [5, 5.41) is 2.74. The smallest absolute Gasteiger partial charge is 0.264 e. The number of nitrogens with zero attached hydrogens (tertiary/aromatic N) is 2. The molecule has 0 spiro atoms. The van der Waals surface area contributed by atoms with Crippen LogP contribution in [0, 0.1) is 6.92 Å². The van der Waals surface area contributed by atoms with E-state index in [-0.39, 0.29) is 23.0 Å². The number of amides is 2. The summed E-state index contributed by atoms with van der Waals surface area (Å²) in [4.78, 5) is 28.1. The number of methoxy groups -OCH3 is 2. The van der Waals surface area contributed by atoms with Gasteiger partial charge in [0.15, 0.2) is 0 Å². The number of rotatable bonds is 12. The zero-order valence-electron chi connectivity index (χ0n) is 22.9. The van der Waals surface area contributed by atoms with Crippen molar-refractivity contribution in [3.05, 3.63) is 83.9 Å². The minimum absolute atomic E-state index is 0.0437. The Morgan fingerprint density at radius 1 is 0.923 bits per heavy atom. The second-order valence-electron chi connectivity index (χ2n) is 8.97. The van der Waals surface area contributed by atoms with Gasteiger partial charge in [0.25, 0.3) is 10.0 Å². The van der Waals surface area contributed by atoms with Crippen molar-refractivity contribution < 1.29 is 27.5 Å². The zero-order chi connectivity index (χ0) is 28.6. The first-order valence-electron chi connectivity index (χ1n) is 12.5. The summed E-state index contributed by atoms with van der Waals surface area (Å²) in [6, 6.07) is 19.2. The average Bonchev–Trinajstić information content (AvgIpc) is 2.94. The fraction of sp³-hybridized carbons (Fsp3) is 0.310. The second kappa shape index (κ2) is 13.1. The van der Waals surface area contributed by atoms with Crippen LogP contribution in [0.3, 0.4) is 0 Å². The molecule has 0 heterocycles. The molecular formula is C29H35N3O6S. The summed E-state index contributed by atoms with van der Waals surface area (Å²) in [5.74, 6) is 0.216. The number of carbonyl (C=O) groups excluding carboxylic acids is 2. The van der Waals surface area contributed by atoms with E-state index in [1.807, 2.05) is 6.92 Å². The Morgan fingerprint density at radius 2 is 1.56 bits per heavy atom. The Morgan fingerprint density at radius 3 is 2.15 bits per heavy atom. The van der Waals surface area contributed by atoms with Crippen LogP contribution < -0.4 is 19.1 Å². The first kappa shape index (κ1) is 29.5. The van der Waals surface area contributed by atoms with Gasteiger partial charge in [0, 0.05) is 19.2 Å². The standard InChI is InChI=1S/C29H35N3O6S/c1-6-30-29(34)22(3)31(19-23-12-14-25(37-4)15-13-23)28(33)20-32(24-8-7-9-26(18-24)38-5)39(35,36)27-16-10-21(2)11-17-27/h7-18,22H,6,19-20H2,1-5H3,(H,30,34)/t22-/m1/s1. The van der Waals surface area contributed by atoms with Crippen LogP contribution in [0.25, 0.3) is 0 Å². The summed E-state index contributed by atoms with van der Waals surface area (Å²) in [6.45, 7) is 5.24. The van der Waals surface area contributed by atoms with Crippen molar-refractivity contribution in [3.8, 4) is 11.5 Å². The van der Waals surface area contributed by atoms with E-state index in [0.29, 0.717) is 18.0 Å². The number of aryl methyl sites for hydroxylation is 1. The first-order valence-corrected chi connectivity index (χ1v) is 14.0. The highest BCUT2D eigenvalue weighted by Gasteiger charge is 2.32. The predicted molar refractivity (Wildman–Crippen MR) is 150 cm³/mol. The maximum atomic E-state index is 13.9. The number of carbonyl (C=O) groups is 2. The van der Waals surface area contributed by atoms with E-state index in [1.165, 1.54) is 24.1 Å². The van der Waals surface area contributed by atoms with Gasteiger partial charge in [-0.05, 0) is 62.7 Å². The molecule has 0 bridgehead atoms. The van der Waals surface area contributed by atoms with Gasteiger partial charge in [-0.1, -0.05) is 35.9 Å². The largest absolute Gasteiger partial charge is 0.497 e. The molecule has 0 radical (unpaired) electrons. The third-order valence-corrected chi connectivity index (χ3v) is 8.05. The average molecular weight is 554 g/mol. The molecule has 0 saturated carbocycles. The number of anilines is 1. The SMILES string of the molecule is CCNC(=O)[C@@H](C)N(Cc1ccc(OC)cc1)C(=O)CN(c1cccc(OC)c1)S(=O)(=O)c1ccc(C)cc1. The maximum absolute atomic E-state index is 13.9. The van der Waals surface area contributed by atoms with E-state index in [0.717, 1.165) is 15.4 Å². The number of nitrogens with one attached hydrogen (secondary N) is 1. The van der Waals surface area contributed by atoms with Crippen LogP contribution in [0.5, 0.6) is 11.5 Å². The van der Waals surface area contributed by atoms with Crippen LogP contribution in [-0.4, -0.2) is 58.5 Å². The quantitative estimate of drug-likeness (QED) is 0.366. The molecule has 208 valence electrons. The van der Waals surface area contributed by atoms with Crippen LogP contribution >= 0.6 is 0 Å². The lowest BCUT2D eigenvalue weighted by Crippen LogP contribution is -2.51. The lowest BCUT2D eigenvalue weighted by Gasteiger charge is -2.32. The van der Waals surface area contributed by atoms with Crippen LogP contribution in [0.2, 0.25) is 0 Å². The number of ether oxygens (including phenoxy) is 2. The van der Waals surface area contributed by atoms with Crippen molar-refractivity contribution in [2.24, 2.45) is 0 Å². The normalized spacial score (nSPS) is 11.8. The fourth-order valence-corrected chi connectivity index (χ4v) is 5.37.